The summed E-state index contributed by atoms with van der Waals surface area (Å²) >= 11 is 0. The summed E-state index contributed by atoms with van der Waals surface area (Å²) in [7, 11) is 0. The Morgan fingerprint density at radius 1 is 1.38 bits per heavy atom. The summed E-state index contributed by atoms with van der Waals surface area (Å²) in [6.07, 6.45) is 8.16. The standard InChI is InChI=1S/C11H20O2/c1-2-10(11(12)13)8-9-6-4-3-5-7-9/h9-10H,2-8H2,1H3,(H,12,13)/t10-/m0/s1. The van der Waals surface area contributed by atoms with Crippen molar-refractivity contribution in [1.29, 1.82) is 0 Å². The van der Waals surface area contributed by atoms with Crippen molar-refractivity contribution < 1.29 is 9.90 Å². The minimum Gasteiger partial charge on any atom is -0.481 e. The first-order valence-corrected chi connectivity index (χ1v) is 5.46. The van der Waals surface area contributed by atoms with E-state index in [2.05, 4.69) is 0 Å². The monoisotopic (exact) mass is 184 g/mol. The van der Waals surface area contributed by atoms with E-state index in [-0.39, 0.29) is 5.92 Å². The molecule has 0 radical (unpaired) electrons. The van der Waals surface area contributed by atoms with Crippen molar-refractivity contribution in [3.05, 3.63) is 0 Å². The summed E-state index contributed by atoms with van der Waals surface area (Å²) in [6, 6.07) is 0. The minimum absolute atomic E-state index is 0.0944. The third-order valence-electron chi connectivity index (χ3n) is 3.18. The van der Waals surface area contributed by atoms with Gasteiger partial charge >= 0.3 is 5.97 Å². The Hall–Kier alpha value is -0.530. The van der Waals surface area contributed by atoms with Crippen LogP contribution in [0.25, 0.3) is 0 Å². The zero-order valence-corrected chi connectivity index (χ0v) is 8.46. The molecule has 0 aromatic heterocycles. The first kappa shape index (κ1) is 10.6. The van der Waals surface area contributed by atoms with Crippen LogP contribution in [0.1, 0.15) is 51.9 Å². The molecule has 0 spiro atoms. The summed E-state index contributed by atoms with van der Waals surface area (Å²) in [5, 5.41) is 8.90. The van der Waals surface area contributed by atoms with Crippen molar-refractivity contribution in [1.82, 2.24) is 0 Å². The SMILES string of the molecule is CC[C@@H](CC1CCCCC1)C(=O)O. The van der Waals surface area contributed by atoms with Gasteiger partial charge in [-0.25, -0.2) is 0 Å². The second-order valence-corrected chi connectivity index (χ2v) is 4.18. The van der Waals surface area contributed by atoms with Crippen molar-refractivity contribution in [3.8, 4) is 0 Å². The molecule has 0 unspecified atom stereocenters. The molecule has 13 heavy (non-hydrogen) atoms. The van der Waals surface area contributed by atoms with Gasteiger partial charge in [-0.2, -0.15) is 0 Å². The highest BCUT2D eigenvalue weighted by Gasteiger charge is 2.22. The normalized spacial score (nSPS) is 21.3. The predicted molar refractivity (Wildman–Crippen MR) is 52.6 cm³/mol. The van der Waals surface area contributed by atoms with Crippen LogP contribution in [0.5, 0.6) is 0 Å². The molecule has 76 valence electrons. The molecule has 1 fully saturated rings. The summed E-state index contributed by atoms with van der Waals surface area (Å²) in [5.41, 5.74) is 0. The third-order valence-corrected chi connectivity index (χ3v) is 3.18. The molecule has 0 saturated heterocycles. The van der Waals surface area contributed by atoms with Crippen LogP contribution < -0.4 is 0 Å². The van der Waals surface area contributed by atoms with Gasteiger partial charge in [0.1, 0.15) is 0 Å². The molecule has 0 aromatic rings. The van der Waals surface area contributed by atoms with Crippen molar-refractivity contribution in [3.63, 3.8) is 0 Å². The summed E-state index contributed by atoms with van der Waals surface area (Å²) < 4.78 is 0. The van der Waals surface area contributed by atoms with Crippen LogP contribution >= 0.6 is 0 Å². The number of rotatable bonds is 4. The lowest BCUT2D eigenvalue weighted by Gasteiger charge is -2.23. The van der Waals surface area contributed by atoms with Gasteiger partial charge in [0.2, 0.25) is 0 Å². The Kier molecular flexibility index (Phi) is 4.26. The first-order chi connectivity index (χ1) is 6.24. The lowest BCUT2D eigenvalue weighted by Crippen LogP contribution is -2.18. The number of carbonyl (C=O) groups is 1. The van der Waals surface area contributed by atoms with Gasteiger partial charge in [0, 0.05) is 0 Å². The number of carboxylic acids is 1. The Morgan fingerprint density at radius 3 is 2.46 bits per heavy atom. The molecule has 0 amide bonds. The maximum absolute atomic E-state index is 10.8. The molecule has 1 N–H and O–H groups in total. The Morgan fingerprint density at radius 2 is 2.00 bits per heavy atom. The zero-order chi connectivity index (χ0) is 9.68. The van der Waals surface area contributed by atoms with E-state index in [0.717, 1.165) is 12.8 Å². The van der Waals surface area contributed by atoms with Gasteiger partial charge in [-0.05, 0) is 18.8 Å². The van der Waals surface area contributed by atoms with Crippen LogP contribution in [-0.2, 0) is 4.79 Å². The summed E-state index contributed by atoms with van der Waals surface area (Å²) in [6.45, 7) is 1.97. The Labute approximate surface area is 80.3 Å². The van der Waals surface area contributed by atoms with Crippen LogP contribution in [0.4, 0.5) is 0 Å². The van der Waals surface area contributed by atoms with E-state index in [0.29, 0.717) is 5.92 Å². The molecule has 1 rings (SSSR count). The van der Waals surface area contributed by atoms with E-state index in [1.807, 2.05) is 6.92 Å². The first-order valence-electron chi connectivity index (χ1n) is 5.46. The van der Waals surface area contributed by atoms with Crippen molar-refractivity contribution in [2.24, 2.45) is 11.8 Å². The molecule has 1 aliphatic carbocycles. The smallest absolute Gasteiger partial charge is 0.306 e. The quantitative estimate of drug-likeness (QED) is 0.729. The Bertz CT molecular complexity index is 159. The third kappa shape index (κ3) is 3.37. The molecule has 2 heteroatoms. The lowest BCUT2D eigenvalue weighted by molar-refractivity contribution is -0.142. The molecule has 0 aromatic carbocycles. The highest BCUT2D eigenvalue weighted by Crippen LogP contribution is 2.29. The lowest BCUT2D eigenvalue weighted by atomic mass is 9.82. The van der Waals surface area contributed by atoms with Crippen molar-refractivity contribution in [2.75, 3.05) is 0 Å². The second-order valence-electron chi connectivity index (χ2n) is 4.18. The Balaban J connectivity index is 2.31. The van der Waals surface area contributed by atoms with Crippen LogP contribution in [0.2, 0.25) is 0 Å². The molecule has 1 saturated carbocycles. The molecule has 0 aliphatic heterocycles. The predicted octanol–water partition coefficient (Wildman–Crippen LogP) is 3.07. The second kappa shape index (κ2) is 5.25. The van der Waals surface area contributed by atoms with Gasteiger partial charge in [-0.3, -0.25) is 4.79 Å². The van der Waals surface area contributed by atoms with E-state index in [1.165, 1.54) is 32.1 Å². The van der Waals surface area contributed by atoms with E-state index in [4.69, 9.17) is 5.11 Å². The van der Waals surface area contributed by atoms with Gasteiger partial charge in [0.15, 0.2) is 0 Å². The van der Waals surface area contributed by atoms with Crippen molar-refractivity contribution >= 4 is 5.97 Å². The molecule has 2 nitrogen and oxygen atoms in total. The van der Waals surface area contributed by atoms with Crippen LogP contribution in [0.15, 0.2) is 0 Å². The maximum Gasteiger partial charge on any atom is 0.306 e. The fraction of sp³-hybridized carbons (Fsp3) is 0.909. The van der Waals surface area contributed by atoms with Gasteiger partial charge in [0.25, 0.3) is 0 Å². The minimum atomic E-state index is -0.604. The average molecular weight is 184 g/mol. The molecular formula is C11H20O2. The number of hydrogen-bond donors (Lipinski definition) is 1. The highest BCUT2D eigenvalue weighted by atomic mass is 16.4. The topological polar surface area (TPSA) is 37.3 Å². The molecule has 0 bridgehead atoms. The van der Waals surface area contributed by atoms with E-state index < -0.39 is 5.97 Å². The van der Waals surface area contributed by atoms with Gasteiger partial charge in [0.05, 0.1) is 5.92 Å². The summed E-state index contributed by atoms with van der Waals surface area (Å²) in [4.78, 5) is 10.8. The van der Waals surface area contributed by atoms with Crippen molar-refractivity contribution in [2.45, 2.75) is 51.9 Å². The van der Waals surface area contributed by atoms with Crippen LogP contribution in [0.3, 0.4) is 0 Å². The fourth-order valence-electron chi connectivity index (χ4n) is 2.27. The van der Waals surface area contributed by atoms with E-state index in [9.17, 15) is 4.79 Å². The van der Waals surface area contributed by atoms with Crippen LogP contribution in [0, 0.1) is 11.8 Å². The zero-order valence-electron chi connectivity index (χ0n) is 8.46. The maximum atomic E-state index is 10.8. The highest BCUT2D eigenvalue weighted by molar-refractivity contribution is 5.69. The molecule has 1 atom stereocenters. The van der Waals surface area contributed by atoms with E-state index in [1.54, 1.807) is 0 Å². The number of hydrogen-bond acceptors (Lipinski definition) is 1. The van der Waals surface area contributed by atoms with Crippen LogP contribution in [-0.4, -0.2) is 11.1 Å². The molecule has 0 heterocycles. The van der Waals surface area contributed by atoms with E-state index >= 15 is 0 Å². The molecule has 1 aliphatic rings. The summed E-state index contributed by atoms with van der Waals surface area (Å²) in [5.74, 6) is -0.00836. The largest absolute Gasteiger partial charge is 0.481 e. The number of carboxylic acid groups (broad SMARTS) is 1. The fourth-order valence-corrected chi connectivity index (χ4v) is 2.27. The molecular weight excluding hydrogens is 164 g/mol. The van der Waals surface area contributed by atoms with Gasteiger partial charge < -0.3 is 5.11 Å². The van der Waals surface area contributed by atoms with Gasteiger partial charge in [-0.15, -0.1) is 0 Å². The van der Waals surface area contributed by atoms with Gasteiger partial charge in [-0.1, -0.05) is 39.0 Å². The average Bonchev–Trinajstić information content (AvgIpc) is 2.15. The number of aliphatic carboxylic acids is 1.